The standard InChI is InChI=1S/C13H20N2O3/c1-15(9-12-5-3-7-18-12)10-13(16)14-8-11-4-2-6-17-11/h3,5,7,11H,2,4,6,8-10H2,1H3,(H,14,16)/t11-/m1/s1. The Bertz CT molecular complexity index is 358. The molecule has 18 heavy (non-hydrogen) atoms. The molecule has 0 bridgehead atoms. The molecule has 1 aliphatic heterocycles. The van der Waals surface area contributed by atoms with Gasteiger partial charge in [0.05, 0.1) is 25.5 Å². The Labute approximate surface area is 107 Å². The summed E-state index contributed by atoms with van der Waals surface area (Å²) in [5.41, 5.74) is 0. The van der Waals surface area contributed by atoms with Gasteiger partial charge in [0, 0.05) is 13.2 Å². The highest BCUT2D eigenvalue weighted by atomic mass is 16.5. The van der Waals surface area contributed by atoms with Crippen LogP contribution in [-0.4, -0.2) is 43.7 Å². The predicted octanol–water partition coefficient (Wildman–Crippen LogP) is 1.01. The van der Waals surface area contributed by atoms with Gasteiger partial charge in [0.1, 0.15) is 5.76 Å². The lowest BCUT2D eigenvalue weighted by atomic mass is 10.2. The van der Waals surface area contributed by atoms with Gasteiger partial charge in [0.25, 0.3) is 0 Å². The van der Waals surface area contributed by atoms with Crippen molar-refractivity contribution in [3.05, 3.63) is 24.2 Å². The highest BCUT2D eigenvalue weighted by molar-refractivity contribution is 5.77. The minimum atomic E-state index is 0.0274. The highest BCUT2D eigenvalue weighted by Crippen LogP contribution is 2.10. The lowest BCUT2D eigenvalue weighted by molar-refractivity contribution is -0.122. The van der Waals surface area contributed by atoms with Crippen molar-refractivity contribution in [1.82, 2.24) is 10.2 Å². The van der Waals surface area contributed by atoms with Crippen LogP contribution in [-0.2, 0) is 16.1 Å². The Balaban J connectivity index is 1.63. The maximum Gasteiger partial charge on any atom is 0.234 e. The van der Waals surface area contributed by atoms with Gasteiger partial charge in [-0.2, -0.15) is 0 Å². The first-order chi connectivity index (χ1) is 8.74. The second-order valence-electron chi connectivity index (χ2n) is 4.69. The van der Waals surface area contributed by atoms with Crippen molar-refractivity contribution < 1.29 is 13.9 Å². The van der Waals surface area contributed by atoms with Gasteiger partial charge in [-0.05, 0) is 32.0 Å². The van der Waals surface area contributed by atoms with Crippen molar-refractivity contribution in [2.75, 3.05) is 26.7 Å². The number of nitrogens with zero attached hydrogens (tertiary/aromatic N) is 1. The minimum Gasteiger partial charge on any atom is -0.468 e. The number of nitrogens with one attached hydrogen (secondary N) is 1. The lowest BCUT2D eigenvalue weighted by Gasteiger charge is -2.16. The van der Waals surface area contributed by atoms with Crippen LogP contribution < -0.4 is 5.32 Å². The molecular formula is C13H20N2O3. The maximum absolute atomic E-state index is 11.7. The number of hydrogen-bond acceptors (Lipinski definition) is 4. The highest BCUT2D eigenvalue weighted by Gasteiger charge is 2.16. The molecule has 1 N–H and O–H groups in total. The number of carbonyl (C=O) groups is 1. The summed E-state index contributed by atoms with van der Waals surface area (Å²) >= 11 is 0. The number of hydrogen-bond donors (Lipinski definition) is 1. The van der Waals surface area contributed by atoms with Crippen molar-refractivity contribution in [3.8, 4) is 0 Å². The third kappa shape index (κ3) is 4.16. The van der Waals surface area contributed by atoms with Crippen LogP contribution in [0.4, 0.5) is 0 Å². The van der Waals surface area contributed by atoms with Crippen molar-refractivity contribution in [2.24, 2.45) is 0 Å². The molecule has 0 saturated carbocycles. The second-order valence-corrected chi connectivity index (χ2v) is 4.69. The molecule has 2 rings (SSSR count). The van der Waals surface area contributed by atoms with Gasteiger partial charge in [-0.25, -0.2) is 0 Å². The monoisotopic (exact) mass is 252 g/mol. The van der Waals surface area contributed by atoms with Crippen LogP contribution in [0.15, 0.2) is 22.8 Å². The van der Waals surface area contributed by atoms with Gasteiger partial charge >= 0.3 is 0 Å². The molecule has 1 aromatic rings. The van der Waals surface area contributed by atoms with Crippen LogP contribution in [0.3, 0.4) is 0 Å². The number of likely N-dealkylation sites (N-methyl/N-ethyl adjacent to an activating group) is 1. The maximum atomic E-state index is 11.7. The molecular weight excluding hydrogens is 232 g/mol. The normalized spacial score (nSPS) is 19.3. The minimum absolute atomic E-state index is 0.0274. The van der Waals surface area contributed by atoms with Crippen LogP contribution in [0.25, 0.3) is 0 Å². The van der Waals surface area contributed by atoms with E-state index in [1.807, 2.05) is 24.1 Å². The van der Waals surface area contributed by atoms with Crippen molar-refractivity contribution in [1.29, 1.82) is 0 Å². The predicted molar refractivity (Wildman–Crippen MR) is 67.0 cm³/mol. The molecule has 1 saturated heterocycles. The largest absolute Gasteiger partial charge is 0.468 e. The molecule has 1 aliphatic rings. The van der Waals surface area contributed by atoms with Gasteiger partial charge in [-0.15, -0.1) is 0 Å². The molecule has 0 spiro atoms. The number of carbonyl (C=O) groups excluding carboxylic acids is 1. The summed E-state index contributed by atoms with van der Waals surface area (Å²) in [7, 11) is 1.90. The number of rotatable bonds is 6. The summed E-state index contributed by atoms with van der Waals surface area (Å²) < 4.78 is 10.7. The topological polar surface area (TPSA) is 54.7 Å². The van der Waals surface area contributed by atoms with Gasteiger partial charge in [0.15, 0.2) is 0 Å². The quantitative estimate of drug-likeness (QED) is 0.821. The molecule has 0 unspecified atom stereocenters. The summed E-state index contributed by atoms with van der Waals surface area (Å²) in [6.45, 7) is 2.44. The van der Waals surface area contributed by atoms with E-state index in [2.05, 4.69) is 5.32 Å². The Kier molecular flexibility index (Phi) is 4.78. The van der Waals surface area contributed by atoms with Crippen LogP contribution in [0, 0.1) is 0 Å². The molecule has 5 heteroatoms. The average molecular weight is 252 g/mol. The van der Waals surface area contributed by atoms with Crippen molar-refractivity contribution >= 4 is 5.91 Å². The van der Waals surface area contributed by atoms with Crippen LogP contribution in [0.2, 0.25) is 0 Å². The Morgan fingerprint density at radius 2 is 2.50 bits per heavy atom. The van der Waals surface area contributed by atoms with E-state index >= 15 is 0 Å². The van der Waals surface area contributed by atoms with Gasteiger partial charge < -0.3 is 14.5 Å². The molecule has 0 aromatic carbocycles. The Morgan fingerprint density at radius 1 is 1.61 bits per heavy atom. The fourth-order valence-electron chi connectivity index (χ4n) is 2.06. The Hall–Kier alpha value is -1.33. The summed E-state index contributed by atoms with van der Waals surface area (Å²) in [4.78, 5) is 13.6. The summed E-state index contributed by atoms with van der Waals surface area (Å²) in [6.07, 6.45) is 3.98. The first-order valence-electron chi connectivity index (χ1n) is 6.33. The van der Waals surface area contributed by atoms with E-state index in [0.29, 0.717) is 19.6 Å². The number of amides is 1. The van der Waals surface area contributed by atoms with Crippen molar-refractivity contribution in [3.63, 3.8) is 0 Å². The molecule has 1 fully saturated rings. The summed E-state index contributed by atoms with van der Waals surface area (Å²) in [5, 5.41) is 2.90. The molecule has 1 amide bonds. The average Bonchev–Trinajstić information content (AvgIpc) is 2.98. The third-order valence-corrected chi connectivity index (χ3v) is 2.97. The van der Waals surface area contributed by atoms with Crippen LogP contribution in [0.1, 0.15) is 18.6 Å². The van der Waals surface area contributed by atoms with Crippen LogP contribution in [0.5, 0.6) is 0 Å². The number of furan rings is 1. The zero-order valence-electron chi connectivity index (χ0n) is 10.7. The van der Waals surface area contributed by atoms with E-state index in [-0.39, 0.29) is 12.0 Å². The van der Waals surface area contributed by atoms with E-state index in [4.69, 9.17) is 9.15 Å². The summed E-state index contributed by atoms with van der Waals surface area (Å²) in [5.74, 6) is 0.893. The molecule has 0 radical (unpaired) electrons. The fourth-order valence-corrected chi connectivity index (χ4v) is 2.06. The zero-order valence-corrected chi connectivity index (χ0v) is 10.7. The number of ether oxygens (including phenoxy) is 1. The van der Waals surface area contributed by atoms with Gasteiger partial charge in [-0.1, -0.05) is 0 Å². The molecule has 100 valence electrons. The van der Waals surface area contributed by atoms with Gasteiger partial charge in [0.2, 0.25) is 5.91 Å². The van der Waals surface area contributed by atoms with E-state index in [1.54, 1.807) is 6.26 Å². The van der Waals surface area contributed by atoms with E-state index < -0.39 is 0 Å². The zero-order chi connectivity index (χ0) is 12.8. The second kappa shape index (κ2) is 6.56. The summed E-state index contributed by atoms with van der Waals surface area (Å²) in [6, 6.07) is 3.75. The molecule has 5 nitrogen and oxygen atoms in total. The van der Waals surface area contributed by atoms with Gasteiger partial charge in [-0.3, -0.25) is 9.69 Å². The molecule has 1 atom stereocenters. The molecule has 0 aliphatic carbocycles. The third-order valence-electron chi connectivity index (χ3n) is 2.97. The molecule has 1 aromatic heterocycles. The lowest BCUT2D eigenvalue weighted by Crippen LogP contribution is -2.38. The van der Waals surface area contributed by atoms with E-state index in [9.17, 15) is 4.79 Å². The fraction of sp³-hybridized carbons (Fsp3) is 0.615. The first kappa shape index (κ1) is 13.1. The van der Waals surface area contributed by atoms with E-state index in [0.717, 1.165) is 25.2 Å². The van der Waals surface area contributed by atoms with Crippen molar-refractivity contribution in [2.45, 2.75) is 25.5 Å². The first-order valence-corrected chi connectivity index (χ1v) is 6.33. The molecule has 2 heterocycles. The Morgan fingerprint density at radius 3 is 3.17 bits per heavy atom. The smallest absolute Gasteiger partial charge is 0.234 e. The SMILES string of the molecule is CN(CC(=O)NC[C@H]1CCCO1)Cc1ccco1. The van der Waals surface area contributed by atoms with Crippen LogP contribution >= 0.6 is 0 Å². The van der Waals surface area contributed by atoms with E-state index in [1.165, 1.54) is 0 Å².